The van der Waals surface area contributed by atoms with E-state index in [0.717, 1.165) is 38.8 Å². The number of nitrogens with zero attached hydrogens (tertiary/aromatic N) is 1. The zero-order valence-corrected chi connectivity index (χ0v) is 10.1. The first kappa shape index (κ1) is 13.0. The molecule has 1 aliphatic heterocycles. The van der Waals surface area contributed by atoms with Gasteiger partial charge in [0, 0.05) is 32.5 Å². The molecular weight excluding hydrogens is 204 g/mol. The van der Waals surface area contributed by atoms with Gasteiger partial charge in [0.2, 0.25) is 11.8 Å². The minimum absolute atomic E-state index is 0.0854. The molecule has 1 N–H and O–H groups in total. The standard InChI is InChI=1S/C12H22N2O2/c1-2-11(15)13-8-6-10-14-9-5-3-4-7-12(14)16/h2-10H2,1H3,(H,13,15). The molecule has 0 spiro atoms. The van der Waals surface area contributed by atoms with E-state index in [2.05, 4.69) is 5.32 Å². The Bertz CT molecular complexity index is 241. The summed E-state index contributed by atoms with van der Waals surface area (Å²) >= 11 is 0. The molecule has 92 valence electrons. The van der Waals surface area contributed by atoms with Crippen molar-refractivity contribution in [3.05, 3.63) is 0 Å². The molecule has 4 heteroatoms. The van der Waals surface area contributed by atoms with Crippen LogP contribution in [0.25, 0.3) is 0 Å². The van der Waals surface area contributed by atoms with Crippen LogP contribution < -0.4 is 5.32 Å². The van der Waals surface area contributed by atoms with Gasteiger partial charge in [0.25, 0.3) is 0 Å². The van der Waals surface area contributed by atoms with Gasteiger partial charge in [-0.15, -0.1) is 0 Å². The molecule has 2 amide bonds. The summed E-state index contributed by atoms with van der Waals surface area (Å²) in [7, 11) is 0. The van der Waals surface area contributed by atoms with E-state index >= 15 is 0 Å². The predicted molar refractivity (Wildman–Crippen MR) is 63.0 cm³/mol. The SMILES string of the molecule is CCC(=O)NCCCN1CCCCCC1=O. The number of hydrogen-bond donors (Lipinski definition) is 1. The summed E-state index contributed by atoms with van der Waals surface area (Å²) in [5.74, 6) is 0.363. The molecule has 4 nitrogen and oxygen atoms in total. The van der Waals surface area contributed by atoms with Crippen molar-refractivity contribution in [3.63, 3.8) is 0 Å². The van der Waals surface area contributed by atoms with Crippen molar-refractivity contribution in [2.45, 2.75) is 45.4 Å². The summed E-state index contributed by atoms with van der Waals surface area (Å²) < 4.78 is 0. The Morgan fingerprint density at radius 1 is 1.38 bits per heavy atom. The summed E-state index contributed by atoms with van der Waals surface area (Å²) in [6, 6.07) is 0. The third-order valence-corrected chi connectivity index (χ3v) is 2.92. The van der Waals surface area contributed by atoms with Gasteiger partial charge in [0.15, 0.2) is 0 Å². The minimum atomic E-state index is 0.0854. The molecule has 1 heterocycles. The maximum atomic E-state index is 11.6. The van der Waals surface area contributed by atoms with E-state index in [9.17, 15) is 9.59 Å². The highest BCUT2D eigenvalue weighted by Gasteiger charge is 2.15. The van der Waals surface area contributed by atoms with Crippen molar-refractivity contribution < 1.29 is 9.59 Å². The highest BCUT2D eigenvalue weighted by molar-refractivity contribution is 5.76. The van der Waals surface area contributed by atoms with Crippen molar-refractivity contribution in [2.75, 3.05) is 19.6 Å². The third-order valence-electron chi connectivity index (χ3n) is 2.92. The van der Waals surface area contributed by atoms with Crippen LogP contribution in [0.2, 0.25) is 0 Å². The lowest BCUT2D eigenvalue weighted by Crippen LogP contribution is -2.33. The van der Waals surface area contributed by atoms with E-state index in [1.165, 1.54) is 0 Å². The molecule has 0 aromatic rings. The first-order valence-corrected chi connectivity index (χ1v) is 6.28. The lowest BCUT2D eigenvalue weighted by molar-refractivity contribution is -0.130. The van der Waals surface area contributed by atoms with Crippen molar-refractivity contribution in [2.24, 2.45) is 0 Å². The van der Waals surface area contributed by atoms with Gasteiger partial charge in [-0.1, -0.05) is 13.3 Å². The van der Waals surface area contributed by atoms with Crippen LogP contribution in [0.5, 0.6) is 0 Å². The highest BCUT2D eigenvalue weighted by Crippen LogP contribution is 2.10. The van der Waals surface area contributed by atoms with E-state index < -0.39 is 0 Å². The first-order chi connectivity index (χ1) is 7.74. The van der Waals surface area contributed by atoms with Crippen LogP contribution in [0, 0.1) is 0 Å². The van der Waals surface area contributed by atoms with Gasteiger partial charge in [-0.05, 0) is 19.3 Å². The number of likely N-dealkylation sites (tertiary alicyclic amines) is 1. The average Bonchev–Trinajstić information content (AvgIpc) is 2.49. The second kappa shape index (κ2) is 7.25. The van der Waals surface area contributed by atoms with Gasteiger partial charge in [-0.3, -0.25) is 9.59 Å². The lowest BCUT2D eigenvalue weighted by Gasteiger charge is -2.20. The van der Waals surface area contributed by atoms with E-state index in [4.69, 9.17) is 0 Å². The summed E-state index contributed by atoms with van der Waals surface area (Å²) in [6.45, 7) is 4.19. The summed E-state index contributed by atoms with van der Waals surface area (Å²) in [5.41, 5.74) is 0. The topological polar surface area (TPSA) is 49.4 Å². The van der Waals surface area contributed by atoms with Crippen LogP contribution in [0.4, 0.5) is 0 Å². The van der Waals surface area contributed by atoms with Gasteiger partial charge in [0.1, 0.15) is 0 Å². The first-order valence-electron chi connectivity index (χ1n) is 6.28. The van der Waals surface area contributed by atoms with Crippen molar-refractivity contribution in [3.8, 4) is 0 Å². The Morgan fingerprint density at radius 2 is 2.19 bits per heavy atom. The van der Waals surface area contributed by atoms with Crippen molar-refractivity contribution in [1.82, 2.24) is 10.2 Å². The molecule has 0 unspecified atom stereocenters. The summed E-state index contributed by atoms with van der Waals surface area (Å²) in [6.07, 6.45) is 5.39. The zero-order valence-electron chi connectivity index (χ0n) is 10.1. The van der Waals surface area contributed by atoms with Crippen LogP contribution in [-0.2, 0) is 9.59 Å². The smallest absolute Gasteiger partial charge is 0.222 e. The molecule has 0 aliphatic carbocycles. The Morgan fingerprint density at radius 3 is 2.94 bits per heavy atom. The number of carbonyl (C=O) groups is 2. The molecule has 0 bridgehead atoms. The fourth-order valence-corrected chi connectivity index (χ4v) is 1.90. The number of carbonyl (C=O) groups excluding carboxylic acids is 2. The molecule has 0 aromatic carbocycles. The van der Waals surface area contributed by atoms with Crippen molar-refractivity contribution >= 4 is 11.8 Å². The van der Waals surface area contributed by atoms with Gasteiger partial charge in [0.05, 0.1) is 0 Å². The normalized spacial score (nSPS) is 17.1. The van der Waals surface area contributed by atoms with Crippen LogP contribution in [0.15, 0.2) is 0 Å². The largest absolute Gasteiger partial charge is 0.356 e. The van der Waals surface area contributed by atoms with Gasteiger partial charge < -0.3 is 10.2 Å². The van der Waals surface area contributed by atoms with E-state index in [1.54, 1.807) is 0 Å². The Labute approximate surface area is 97.4 Å². The molecule has 0 aromatic heterocycles. The maximum absolute atomic E-state index is 11.6. The molecule has 16 heavy (non-hydrogen) atoms. The maximum Gasteiger partial charge on any atom is 0.222 e. The second-order valence-electron chi connectivity index (χ2n) is 4.25. The number of rotatable bonds is 5. The zero-order chi connectivity index (χ0) is 11.8. The molecule has 1 aliphatic rings. The summed E-state index contributed by atoms with van der Waals surface area (Å²) in [5, 5.41) is 2.83. The van der Waals surface area contributed by atoms with E-state index in [-0.39, 0.29) is 11.8 Å². The molecule has 1 saturated heterocycles. The Balaban J connectivity index is 2.15. The second-order valence-corrected chi connectivity index (χ2v) is 4.25. The number of hydrogen-bond acceptors (Lipinski definition) is 2. The van der Waals surface area contributed by atoms with Crippen LogP contribution in [0.3, 0.4) is 0 Å². The van der Waals surface area contributed by atoms with Gasteiger partial charge in [-0.2, -0.15) is 0 Å². The van der Waals surface area contributed by atoms with E-state index in [1.807, 2.05) is 11.8 Å². The third kappa shape index (κ3) is 4.64. The fraction of sp³-hybridized carbons (Fsp3) is 0.833. The molecule has 1 fully saturated rings. The molecular formula is C12H22N2O2. The lowest BCUT2D eigenvalue weighted by atomic mass is 10.2. The van der Waals surface area contributed by atoms with Crippen molar-refractivity contribution in [1.29, 1.82) is 0 Å². The summed E-state index contributed by atoms with van der Waals surface area (Å²) in [4.78, 5) is 24.6. The fourth-order valence-electron chi connectivity index (χ4n) is 1.90. The molecule has 0 radical (unpaired) electrons. The molecule has 0 saturated carbocycles. The predicted octanol–water partition coefficient (Wildman–Crippen LogP) is 1.31. The van der Waals surface area contributed by atoms with Crippen LogP contribution in [-0.4, -0.2) is 36.3 Å². The van der Waals surface area contributed by atoms with E-state index in [0.29, 0.717) is 19.4 Å². The van der Waals surface area contributed by atoms with Crippen LogP contribution >= 0.6 is 0 Å². The monoisotopic (exact) mass is 226 g/mol. The average molecular weight is 226 g/mol. The number of nitrogens with one attached hydrogen (secondary N) is 1. The Kier molecular flexibility index (Phi) is 5.90. The van der Waals surface area contributed by atoms with Crippen LogP contribution in [0.1, 0.15) is 45.4 Å². The quantitative estimate of drug-likeness (QED) is 0.718. The van der Waals surface area contributed by atoms with Gasteiger partial charge >= 0.3 is 0 Å². The highest BCUT2D eigenvalue weighted by atomic mass is 16.2. The molecule has 0 atom stereocenters. The molecule has 1 rings (SSSR count). The minimum Gasteiger partial charge on any atom is -0.356 e. The van der Waals surface area contributed by atoms with Gasteiger partial charge in [-0.25, -0.2) is 0 Å². The Hall–Kier alpha value is -1.06. The number of amides is 2.